The summed E-state index contributed by atoms with van der Waals surface area (Å²) >= 11 is 7.88. The highest BCUT2D eigenvalue weighted by atomic mass is 35.5. The highest BCUT2D eigenvalue weighted by Crippen LogP contribution is 2.42. The fourth-order valence-electron chi connectivity index (χ4n) is 3.78. The predicted octanol–water partition coefficient (Wildman–Crippen LogP) is 5.52. The molecule has 1 aliphatic rings. The fraction of sp³-hybridized carbons (Fsp3) is 0.217. The molecule has 3 aromatic rings. The molecule has 1 aliphatic heterocycles. The van der Waals surface area contributed by atoms with E-state index in [0.717, 1.165) is 25.9 Å². The molecule has 148 valence electrons. The Kier molecular flexibility index (Phi) is 5.69. The van der Waals surface area contributed by atoms with Gasteiger partial charge in [0.2, 0.25) is 11.8 Å². The summed E-state index contributed by atoms with van der Waals surface area (Å²) in [6.07, 6.45) is 3.21. The van der Waals surface area contributed by atoms with Gasteiger partial charge in [0.25, 0.3) is 0 Å². The summed E-state index contributed by atoms with van der Waals surface area (Å²) in [5.41, 5.74) is 4.45. The summed E-state index contributed by atoms with van der Waals surface area (Å²) < 4.78 is 6.21. The average molecular weight is 425 g/mol. The van der Waals surface area contributed by atoms with Crippen LogP contribution in [-0.2, 0) is 11.3 Å². The first-order chi connectivity index (χ1) is 14.1. The first-order valence-corrected chi connectivity index (χ1v) is 10.7. The van der Waals surface area contributed by atoms with Crippen LogP contribution in [0, 0.1) is 0 Å². The normalized spacial score (nSPS) is 15.7. The zero-order valence-corrected chi connectivity index (χ0v) is 17.7. The molecule has 0 fully saturated rings. The number of aromatic nitrogens is 1. The SMILES string of the molecule is C=CC(=O)N1Cc2sc(Cl)cc2[C@H](c2ccccc2-c2ccc(OCC)nc2)C1. The lowest BCUT2D eigenvalue weighted by Gasteiger charge is -2.33. The van der Waals surface area contributed by atoms with Gasteiger partial charge in [-0.15, -0.1) is 11.3 Å². The summed E-state index contributed by atoms with van der Waals surface area (Å²) in [6, 6.07) is 14.2. The number of halogens is 1. The van der Waals surface area contributed by atoms with Gasteiger partial charge in [0.15, 0.2) is 0 Å². The van der Waals surface area contributed by atoms with Crippen molar-refractivity contribution in [3.05, 3.63) is 81.7 Å². The maximum atomic E-state index is 12.4. The number of nitrogens with zero attached hydrogens (tertiary/aromatic N) is 2. The van der Waals surface area contributed by atoms with E-state index in [-0.39, 0.29) is 11.8 Å². The second-order valence-corrected chi connectivity index (χ2v) is 8.58. The minimum absolute atomic E-state index is 0.0363. The number of pyridine rings is 1. The molecule has 0 spiro atoms. The summed E-state index contributed by atoms with van der Waals surface area (Å²) in [7, 11) is 0. The zero-order valence-electron chi connectivity index (χ0n) is 16.1. The molecule has 0 radical (unpaired) electrons. The quantitative estimate of drug-likeness (QED) is 0.506. The van der Waals surface area contributed by atoms with Gasteiger partial charge in [-0.25, -0.2) is 4.98 Å². The van der Waals surface area contributed by atoms with Crippen LogP contribution in [0.3, 0.4) is 0 Å². The van der Waals surface area contributed by atoms with Crippen LogP contribution in [0.5, 0.6) is 5.88 Å². The lowest BCUT2D eigenvalue weighted by atomic mass is 9.84. The zero-order chi connectivity index (χ0) is 20.4. The van der Waals surface area contributed by atoms with Crippen molar-refractivity contribution in [3.8, 4) is 17.0 Å². The number of hydrogen-bond donors (Lipinski definition) is 0. The molecule has 2 aromatic heterocycles. The number of ether oxygens (including phenoxy) is 1. The molecular formula is C23H21ClN2O2S. The van der Waals surface area contributed by atoms with E-state index in [0.29, 0.717) is 25.6 Å². The Labute approximate surface area is 179 Å². The van der Waals surface area contributed by atoms with Gasteiger partial charge < -0.3 is 9.64 Å². The van der Waals surface area contributed by atoms with Crippen molar-refractivity contribution in [1.29, 1.82) is 0 Å². The van der Waals surface area contributed by atoms with Crippen LogP contribution in [0.25, 0.3) is 11.1 Å². The highest BCUT2D eigenvalue weighted by Gasteiger charge is 2.31. The van der Waals surface area contributed by atoms with Crippen LogP contribution < -0.4 is 4.74 Å². The van der Waals surface area contributed by atoms with E-state index in [1.54, 1.807) is 0 Å². The van der Waals surface area contributed by atoms with Crippen molar-refractivity contribution in [3.63, 3.8) is 0 Å². The van der Waals surface area contributed by atoms with E-state index < -0.39 is 0 Å². The van der Waals surface area contributed by atoms with Gasteiger partial charge >= 0.3 is 0 Å². The molecule has 0 bridgehead atoms. The molecule has 29 heavy (non-hydrogen) atoms. The topological polar surface area (TPSA) is 42.4 Å². The molecule has 0 N–H and O–H groups in total. The Morgan fingerprint density at radius 2 is 2.17 bits per heavy atom. The van der Waals surface area contributed by atoms with Crippen molar-refractivity contribution in [2.24, 2.45) is 0 Å². The Hall–Kier alpha value is -2.63. The molecule has 1 amide bonds. The average Bonchev–Trinajstić information content (AvgIpc) is 3.13. The Morgan fingerprint density at radius 1 is 1.34 bits per heavy atom. The highest BCUT2D eigenvalue weighted by molar-refractivity contribution is 7.16. The third-order valence-corrected chi connectivity index (χ3v) is 6.35. The van der Waals surface area contributed by atoms with Gasteiger partial charge in [0.1, 0.15) is 0 Å². The van der Waals surface area contributed by atoms with Gasteiger partial charge in [0.05, 0.1) is 17.5 Å². The van der Waals surface area contributed by atoms with Crippen molar-refractivity contribution >= 4 is 28.8 Å². The summed E-state index contributed by atoms with van der Waals surface area (Å²) in [5, 5.41) is 0. The van der Waals surface area contributed by atoms with E-state index in [9.17, 15) is 4.79 Å². The van der Waals surface area contributed by atoms with Gasteiger partial charge in [-0.3, -0.25) is 4.79 Å². The number of hydrogen-bond acceptors (Lipinski definition) is 4. The van der Waals surface area contributed by atoms with Gasteiger partial charge in [-0.1, -0.05) is 42.4 Å². The summed E-state index contributed by atoms with van der Waals surface area (Å²) in [4.78, 5) is 19.7. The minimum atomic E-state index is -0.0645. The van der Waals surface area contributed by atoms with Gasteiger partial charge in [-0.2, -0.15) is 0 Å². The van der Waals surface area contributed by atoms with E-state index in [1.165, 1.54) is 23.0 Å². The maximum absolute atomic E-state index is 12.4. The van der Waals surface area contributed by atoms with E-state index >= 15 is 0 Å². The number of carbonyl (C=O) groups excluding carboxylic acids is 1. The maximum Gasteiger partial charge on any atom is 0.246 e. The Bertz CT molecular complexity index is 1050. The summed E-state index contributed by atoms with van der Waals surface area (Å²) in [6.45, 7) is 7.33. The van der Waals surface area contributed by atoms with Gasteiger partial charge in [-0.05, 0) is 41.8 Å². The van der Waals surface area contributed by atoms with Crippen molar-refractivity contribution in [2.75, 3.05) is 13.2 Å². The lowest BCUT2D eigenvalue weighted by molar-refractivity contribution is -0.127. The number of thiophene rings is 1. The van der Waals surface area contributed by atoms with Crippen molar-refractivity contribution in [1.82, 2.24) is 9.88 Å². The predicted molar refractivity (Wildman–Crippen MR) is 118 cm³/mol. The second-order valence-electron chi connectivity index (χ2n) is 6.81. The fourth-order valence-corrected chi connectivity index (χ4v) is 5.14. The number of carbonyl (C=O) groups is 1. The Morgan fingerprint density at radius 3 is 2.90 bits per heavy atom. The number of benzene rings is 1. The molecule has 1 atom stereocenters. The second kappa shape index (κ2) is 8.39. The van der Waals surface area contributed by atoms with E-state index in [4.69, 9.17) is 16.3 Å². The first kappa shape index (κ1) is 19.7. The van der Waals surface area contributed by atoms with Gasteiger partial charge in [0, 0.05) is 35.2 Å². The number of rotatable bonds is 5. The molecule has 0 unspecified atom stereocenters. The van der Waals surface area contributed by atoms with E-state index in [1.807, 2.05) is 48.4 Å². The lowest BCUT2D eigenvalue weighted by Crippen LogP contribution is -2.37. The Balaban J connectivity index is 1.78. The van der Waals surface area contributed by atoms with Crippen LogP contribution in [-0.4, -0.2) is 28.9 Å². The molecular weight excluding hydrogens is 404 g/mol. The first-order valence-electron chi connectivity index (χ1n) is 9.48. The molecule has 1 aromatic carbocycles. The molecule has 4 nitrogen and oxygen atoms in total. The molecule has 6 heteroatoms. The summed E-state index contributed by atoms with van der Waals surface area (Å²) in [5.74, 6) is 0.584. The van der Waals surface area contributed by atoms with Crippen LogP contribution in [0.15, 0.2) is 61.3 Å². The number of fused-ring (bicyclic) bond motifs is 1. The molecule has 3 heterocycles. The molecule has 0 aliphatic carbocycles. The molecule has 0 saturated heterocycles. The largest absolute Gasteiger partial charge is 0.478 e. The monoisotopic (exact) mass is 424 g/mol. The number of amides is 1. The van der Waals surface area contributed by atoms with Crippen LogP contribution in [0.1, 0.15) is 28.8 Å². The third kappa shape index (κ3) is 3.93. The smallest absolute Gasteiger partial charge is 0.246 e. The van der Waals surface area contributed by atoms with E-state index in [2.05, 4.69) is 23.7 Å². The minimum Gasteiger partial charge on any atom is -0.478 e. The molecule has 0 saturated carbocycles. The van der Waals surface area contributed by atoms with Crippen LogP contribution in [0.2, 0.25) is 4.34 Å². The van der Waals surface area contributed by atoms with Crippen molar-refractivity contribution in [2.45, 2.75) is 19.4 Å². The standard InChI is InChI=1S/C23H21ClN2O2S/c1-3-23(27)26-13-19(18-11-21(24)29-20(18)14-26)17-8-6-5-7-16(17)15-9-10-22(25-12-15)28-4-2/h3,5-12,19H,1,4,13-14H2,2H3/t19-/m0/s1. The van der Waals surface area contributed by atoms with Crippen molar-refractivity contribution < 1.29 is 9.53 Å². The van der Waals surface area contributed by atoms with Crippen LogP contribution >= 0.6 is 22.9 Å². The third-order valence-electron chi connectivity index (χ3n) is 5.09. The molecule has 4 rings (SSSR count). The van der Waals surface area contributed by atoms with Crippen LogP contribution in [0.4, 0.5) is 0 Å².